The highest BCUT2D eigenvalue weighted by Crippen LogP contribution is 2.24. The highest BCUT2D eigenvalue weighted by molar-refractivity contribution is 5.70. The molecule has 1 aliphatic carbocycles. The van der Waals surface area contributed by atoms with E-state index in [1.165, 1.54) is 0 Å². The van der Waals surface area contributed by atoms with Gasteiger partial charge in [-0.15, -0.1) is 0 Å². The number of benzene rings is 1. The highest BCUT2D eigenvalue weighted by atomic mass is 16.6. The summed E-state index contributed by atoms with van der Waals surface area (Å²) in [6.07, 6.45) is 1.93. The van der Waals surface area contributed by atoms with Crippen LogP contribution in [0.5, 0.6) is 5.75 Å². The van der Waals surface area contributed by atoms with Crippen LogP contribution in [0.4, 0.5) is 4.79 Å². The normalized spacial score (nSPS) is 23.4. The lowest BCUT2D eigenvalue weighted by Crippen LogP contribution is -2.31. The molecule has 0 spiro atoms. The number of para-hydroxylation sites is 1. The summed E-state index contributed by atoms with van der Waals surface area (Å²) >= 11 is 0. The van der Waals surface area contributed by atoms with Gasteiger partial charge in [0.25, 0.3) is 0 Å². The van der Waals surface area contributed by atoms with Crippen molar-refractivity contribution in [3.05, 3.63) is 30.3 Å². The molecule has 1 aliphatic rings. The van der Waals surface area contributed by atoms with Crippen LogP contribution in [-0.4, -0.2) is 23.8 Å². The molecule has 17 heavy (non-hydrogen) atoms. The zero-order chi connectivity index (χ0) is 12.1. The van der Waals surface area contributed by atoms with E-state index < -0.39 is 6.09 Å². The second-order valence-electron chi connectivity index (χ2n) is 4.42. The van der Waals surface area contributed by atoms with Gasteiger partial charge in [0, 0.05) is 6.54 Å². The lowest BCUT2D eigenvalue weighted by molar-refractivity contribution is 0.175. The van der Waals surface area contributed by atoms with Crippen molar-refractivity contribution in [3.8, 4) is 5.75 Å². The van der Waals surface area contributed by atoms with Crippen LogP contribution < -0.4 is 10.1 Å². The van der Waals surface area contributed by atoms with Crippen LogP contribution in [0.15, 0.2) is 30.3 Å². The Hall–Kier alpha value is -1.55. The molecule has 1 saturated carbocycles. The van der Waals surface area contributed by atoms with Crippen molar-refractivity contribution in [1.82, 2.24) is 5.32 Å². The maximum Gasteiger partial charge on any atom is 0.412 e. The maximum absolute atomic E-state index is 11.5. The van der Waals surface area contributed by atoms with Gasteiger partial charge in [0.15, 0.2) is 0 Å². The molecule has 0 aromatic heterocycles. The molecule has 2 atom stereocenters. The van der Waals surface area contributed by atoms with Crippen molar-refractivity contribution in [2.75, 3.05) is 6.54 Å². The molecule has 4 heteroatoms. The molecule has 0 radical (unpaired) electrons. The third-order valence-corrected chi connectivity index (χ3v) is 3.00. The first-order valence-corrected chi connectivity index (χ1v) is 5.93. The monoisotopic (exact) mass is 235 g/mol. The first-order chi connectivity index (χ1) is 8.24. The Balaban J connectivity index is 1.71. The molecule has 1 fully saturated rings. The highest BCUT2D eigenvalue weighted by Gasteiger charge is 2.23. The van der Waals surface area contributed by atoms with Gasteiger partial charge in [0.05, 0.1) is 6.10 Å². The minimum absolute atomic E-state index is 0.202. The van der Waals surface area contributed by atoms with E-state index in [9.17, 15) is 9.90 Å². The SMILES string of the molecule is O=C(NCC1CCC(O)C1)Oc1ccccc1. The molecule has 1 aromatic rings. The average molecular weight is 235 g/mol. The quantitative estimate of drug-likeness (QED) is 0.841. The van der Waals surface area contributed by atoms with E-state index in [0.29, 0.717) is 18.2 Å². The number of nitrogens with one attached hydrogen (secondary N) is 1. The predicted molar refractivity (Wildman–Crippen MR) is 63.8 cm³/mol. The number of ether oxygens (including phenoxy) is 1. The number of carbonyl (C=O) groups excluding carboxylic acids is 1. The summed E-state index contributed by atoms with van der Waals surface area (Å²) in [5.74, 6) is 0.907. The first-order valence-electron chi connectivity index (χ1n) is 5.93. The molecule has 0 heterocycles. The van der Waals surface area contributed by atoms with E-state index in [2.05, 4.69) is 5.32 Å². The number of rotatable bonds is 3. The van der Waals surface area contributed by atoms with Crippen LogP contribution >= 0.6 is 0 Å². The molecular formula is C13H17NO3. The van der Waals surface area contributed by atoms with Gasteiger partial charge in [-0.1, -0.05) is 18.2 Å². The zero-order valence-electron chi connectivity index (χ0n) is 9.63. The minimum Gasteiger partial charge on any atom is -0.410 e. The van der Waals surface area contributed by atoms with Crippen molar-refractivity contribution in [1.29, 1.82) is 0 Å². The molecule has 1 aromatic carbocycles. The van der Waals surface area contributed by atoms with Crippen LogP contribution in [0.2, 0.25) is 0 Å². The number of amides is 1. The van der Waals surface area contributed by atoms with E-state index in [1.54, 1.807) is 12.1 Å². The zero-order valence-corrected chi connectivity index (χ0v) is 9.63. The Bertz CT molecular complexity index is 366. The summed E-state index contributed by atoms with van der Waals surface area (Å²) in [5.41, 5.74) is 0. The fourth-order valence-corrected chi connectivity index (χ4v) is 2.09. The molecule has 0 bridgehead atoms. The average Bonchev–Trinajstić information content (AvgIpc) is 2.74. The number of hydrogen-bond donors (Lipinski definition) is 2. The number of carbonyl (C=O) groups is 1. The molecular weight excluding hydrogens is 218 g/mol. The summed E-state index contributed by atoms with van der Waals surface area (Å²) < 4.78 is 5.09. The lowest BCUT2D eigenvalue weighted by Gasteiger charge is -2.10. The Morgan fingerprint density at radius 1 is 1.35 bits per heavy atom. The van der Waals surface area contributed by atoms with Gasteiger partial charge in [-0.2, -0.15) is 0 Å². The van der Waals surface area contributed by atoms with Crippen LogP contribution in [0.3, 0.4) is 0 Å². The number of hydrogen-bond acceptors (Lipinski definition) is 3. The van der Waals surface area contributed by atoms with E-state index in [-0.39, 0.29) is 6.10 Å². The van der Waals surface area contributed by atoms with E-state index in [4.69, 9.17) is 4.74 Å². The van der Waals surface area contributed by atoms with Crippen LogP contribution in [0, 0.1) is 5.92 Å². The Labute approximate surface area is 101 Å². The van der Waals surface area contributed by atoms with Crippen LogP contribution in [0.1, 0.15) is 19.3 Å². The second kappa shape index (κ2) is 5.68. The first kappa shape index (κ1) is 11.9. The van der Waals surface area contributed by atoms with Gasteiger partial charge in [-0.3, -0.25) is 0 Å². The standard InChI is InChI=1S/C13H17NO3/c15-11-7-6-10(8-11)9-14-13(16)17-12-4-2-1-3-5-12/h1-5,10-11,15H,6-9H2,(H,14,16). The van der Waals surface area contributed by atoms with Crippen molar-refractivity contribution >= 4 is 6.09 Å². The molecule has 0 saturated heterocycles. The van der Waals surface area contributed by atoms with Crippen molar-refractivity contribution in [2.45, 2.75) is 25.4 Å². The summed E-state index contributed by atoms with van der Waals surface area (Å²) in [6, 6.07) is 8.97. The number of aliphatic hydroxyl groups is 1. The molecule has 4 nitrogen and oxygen atoms in total. The topological polar surface area (TPSA) is 58.6 Å². The second-order valence-corrected chi connectivity index (χ2v) is 4.42. The van der Waals surface area contributed by atoms with E-state index in [0.717, 1.165) is 19.3 Å². The van der Waals surface area contributed by atoms with Crippen LogP contribution in [0.25, 0.3) is 0 Å². The maximum atomic E-state index is 11.5. The minimum atomic E-state index is -0.433. The lowest BCUT2D eigenvalue weighted by atomic mass is 10.1. The van der Waals surface area contributed by atoms with Gasteiger partial charge in [0.1, 0.15) is 5.75 Å². The van der Waals surface area contributed by atoms with Crippen LogP contribution in [-0.2, 0) is 0 Å². The summed E-state index contributed by atoms with van der Waals surface area (Å²) in [4.78, 5) is 11.5. The summed E-state index contributed by atoms with van der Waals surface area (Å²) in [5, 5.41) is 12.1. The molecule has 2 rings (SSSR count). The Morgan fingerprint density at radius 2 is 2.12 bits per heavy atom. The smallest absolute Gasteiger partial charge is 0.410 e. The van der Waals surface area contributed by atoms with Gasteiger partial charge >= 0.3 is 6.09 Å². The molecule has 92 valence electrons. The molecule has 2 unspecified atom stereocenters. The molecule has 0 aliphatic heterocycles. The molecule has 2 N–H and O–H groups in total. The Kier molecular flexibility index (Phi) is 3.98. The fraction of sp³-hybridized carbons (Fsp3) is 0.462. The third-order valence-electron chi connectivity index (χ3n) is 3.00. The predicted octanol–water partition coefficient (Wildman–Crippen LogP) is 1.94. The van der Waals surface area contributed by atoms with Crippen molar-refractivity contribution < 1.29 is 14.6 Å². The summed E-state index contributed by atoms with van der Waals surface area (Å²) in [7, 11) is 0. The summed E-state index contributed by atoms with van der Waals surface area (Å²) in [6.45, 7) is 0.572. The largest absolute Gasteiger partial charge is 0.412 e. The van der Waals surface area contributed by atoms with E-state index >= 15 is 0 Å². The van der Waals surface area contributed by atoms with Gasteiger partial charge < -0.3 is 15.2 Å². The third kappa shape index (κ3) is 3.75. The van der Waals surface area contributed by atoms with E-state index in [1.807, 2.05) is 18.2 Å². The van der Waals surface area contributed by atoms with Gasteiger partial charge in [-0.05, 0) is 37.3 Å². The van der Waals surface area contributed by atoms with Crippen molar-refractivity contribution in [3.63, 3.8) is 0 Å². The Morgan fingerprint density at radius 3 is 2.76 bits per heavy atom. The van der Waals surface area contributed by atoms with Gasteiger partial charge in [-0.25, -0.2) is 4.79 Å². The van der Waals surface area contributed by atoms with Crippen molar-refractivity contribution in [2.24, 2.45) is 5.92 Å². The fourth-order valence-electron chi connectivity index (χ4n) is 2.09. The molecule has 1 amide bonds. The number of aliphatic hydroxyl groups excluding tert-OH is 1. The van der Waals surface area contributed by atoms with Gasteiger partial charge in [0.2, 0.25) is 0 Å².